The topological polar surface area (TPSA) is 151 Å². The molecule has 0 radical (unpaired) electrons. The third kappa shape index (κ3) is 5.75. The van der Waals surface area contributed by atoms with Crippen LogP contribution in [-0.2, 0) is 20.1 Å². The number of halogens is 1. The van der Waals surface area contributed by atoms with E-state index in [0.717, 1.165) is 0 Å². The zero-order valence-corrected chi connectivity index (χ0v) is 21.8. The summed E-state index contributed by atoms with van der Waals surface area (Å²) in [5, 5.41) is 26.7. The van der Waals surface area contributed by atoms with Gasteiger partial charge in [-0.05, 0) is 54.5 Å². The number of rotatable bonds is 9. The molecular formula is C23H25ClN4O6S2. The summed E-state index contributed by atoms with van der Waals surface area (Å²) >= 11 is 7.26. The van der Waals surface area contributed by atoms with E-state index in [1.54, 1.807) is 42.6 Å². The second-order valence-corrected chi connectivity index (χ2v) is 11.4. The first kappa shape index (κ1) is 26.6. The molecule has 0 saturated heterocycles. The number of nitrogens with zero attached hydrogens (tertiary/aromatic N) is 2. The summed E-state index contributed by atoms with van der Waals surface area (Å²) in [7, 11) is -2.75. The molecule has 4 rings (SSSR count). The van der Waals surface area contributed by atoms with Crippen molar-refractivity contribution >= 4 is 44.8 Å². The molecule has 1 fully saturated rings. The molecule has 36 heavy (non-hydrogen) atoms. The Morgan fingerprint density at radius 3 is 2.78 bits per heavy atom. The first-order chi connectivity index (χ1) is 17.0. The monoisotopic (exact) mass is 552 g/mol. The third-order valence-corrected chi connectivity index (χ3v) is 8.21. The van der Waals surface area contributed by atoms with Gasteiger partial charge >= 0.3 is 10.3 Å². The Balaban J connectivity index is 1.52. The predicted octanol–water partition coefficient (Wildman–Crippen LogP) is 2.46. The Kier molecular flexibility index (Phi) is 7.76. The number of aromatic nitrogens is 2. The van der Waals surface area contributed by atoms with Crippen molar-refractivity contribution in [1.29, 1.82) is 0 Å². The van der Waals surface area contributed by atoms with Gasteiger partial charge in [0, 0.05) is 24.3 Å². The molecule has 3 aromatic rings. The number of aliphatic hydroxyl groups excluding tert-OH is 1. The maximum atomic E-state index is 13.4. The van der Waals surface area contributed by atoms with Gasteiger partial charge < -0.3 is 15.5 Å². The van der Waals surface area contributed by atoms with Gasteiger partial charge in [-0.3, -0.25) is 8.98 Å². The van der Waals surface area contributed by atoms with Crippen molar-refractivity contribution in [1.82, 2.24) is 14.7 Å². The molecule has 2 aromatic heterocycles. The summed E-state index contributed by atoms with van der Waals surface area (Å²) in [6.45, 7) is 1.63. The average molecular weight is 553 g/mol. The van der Waals surface area contributed by atoms with Crippen LogP contribution in [0.3, 0.4) is 0 Å². The van der Waals surface area contributed by atoms with Crippen LogP contribution in [0.1, 0.15) is 46.1 Å². The van der Waals surface area contributed by atoms with Crippen molar-refractivity contribution in [2.75, 3.05) is 12.4 Å². The lowest BCUT2D eigenvalue weighted by Crippen LogP contribution is -2.31. The van der Waals surface area contributed by atoms with Crippen molar-refractivity contribution in [3.63, 3.8) is 0 Å². The maximum absolute atomic E-state index is 13.4. The number of nitrogens with one attached hydrogen (secondary N) is 2. The number of carbonyl (C=O) groups excluding carboxylic acids is 1. The van der Waals surface area contributed by atoms with Gasteiger partial charge in [0.25, 0.3) is 0 Å². The SMILES string of the molecule is CNS(=O)(=O)O[C@@H]1C[C@H](Nc2ncncc2C(=O)c2cc([C@@](C)(O)c3cccc(Cl)c3)cs2)C[C@@H]1O. The summed E-state index contributed by atoms with van der Waals surface area (Å²) in [4.78, 5) is 21.9. The van der Waals surface area contributed by atoms with Crippen LogP contribution in [0, 0.1) is 0 Å². The summed E-state index contributed by atoms with van der Waals surface area (Å²) < 4.78 is 30.4. The summed E-state index contributed by atoms with van der Waals surface area (Å²) in [6, 6.07) is 8.12. The number of aliphatic hydroxyl groups is 2. The Hall–Kier alpha value is -2.45. The molecule has 4 atom stereocenters. The van der Waals surface area contributed by atoms with E-state index in [9.17, 15) is 23.4 Å². The molecule has 0 amide bonds. The molecule has 1 aromatic carbocycles. The average Bonchev–Trinajstić information content (AvgIpc) is 3.46. The Bertz CT molecular complexity index is 1360. The highest BCUT2D eigenvalue weighted by molar-refractivity contribution is 7.84. The maximum Gasteiger partial charge on any atom is 0.335 e. The van der Waals surface area contributed by atoms with Gasteiger partial charge in [0.15, 0.2) is 0 Å². The van der Waals surface area contributed by atoms with Gasteiger partial charge in [-0.2, -0.15) is 13.1 Å². The number of benzene rings is 1. The zero-order valence-electron chi connectivity index (χ0n) is 19.4. The van der Waals surface area contributed by atoms with Crippen LogP contribution in [0.2, 0.25) is 5.02 Å². The van der Waals surface area contributed by atoms with Crippen LogP contribution in [0.4, 0.5) is 5.82 Å². The lowest BCUT2D eigenvalue weighted by molar-refractivity contribution is 0.0636. The minimum atomic E-state index is -3.97. The van der Waals surface area contributed by atoms with Gasteiger partial charge in [0.05, 0.1) is 16.5 Å². The summed E-state index contributed by atoms with van der Waals surface area (Å²) in [5.74, 6) is -0.0961. The lowest BCUT2D eigenvalue weighted by atomic mass is 9.90. The fraction of sp³-hybridized carbons (Fsp3) is 0.348. The standard InChI is InChI=1S/C23H25ClN4O6S2/c1-23(31,13-4-3-5-15(24)6-13)14-7-20(35-11-14)21(30)17-10-26-12-27-22(17)28-16-8-18(29)19(9-16)34-36(32,33)25-2/h3-7,10-12,16,18-19,25,29,31H,8-9H2,1-2H3,(H,26,27,28)/t16-,18+,19-,23+/m1/s1. The molecule has 0 aliphatic heterocycles. The minimum Gasteiger partial charge on any atom is -0.390 e. The number of thiophene rings is 1. The third-order valence-electron chi connectivity index (χ3n) is 6.04. The van der Waals surface area contributed by atoms with E-state index in [2.05, 4.69) is 20.0 Å². The molecule has 1 aliphatic rings. The molecule has 1 aliphatic carbocycles. The fourth-order valence-electron chi connectivity index (χ4n) is 4.01. The van der Waals surface area contributed by atoms with Crippen molar-refractivity contribution in [2.45, 2.75) is 43.6 Å². The van der Waals surface area contributed by atoms with Crippen LogP contribution in [0.15, 0.2) is 48.2 Å². The molecule has 4 N–H and O–H groups in total. The Labute approximate surface area is 217 Å². The molecule has 192 valence electrons. The molecule has 13 heteroatoms. The molecule has 2 heterocycles. The van der Waals surface area contributed by atoms with E-state index in [-0.39, 0.29) is 36.0 Å². The van der Waals surface area contributed by atoms with Gasteiger partial charge in [-0.25, -0.2) is 9.97 Å². The van der Waals surface area contributed by atoms with E-state index in [1.165, 1.54) is 30.9 Å². The highest BCUT2D eigenvalue weighted by Gasteiger charge is 2.37. The number of hydrogen-bond donors (Lipinski definition) is 4. The normalized spacial score (nSPS) is 21.8. The van der Waals surface area contributed by atoms with Crippen molar-refractivity contribution in [2.24, 2.45) is 0 Å². The van der Waals surface area contributed by atoms with Crippen LogP contribution >= 0.6 is 22.9 Å². The number of carbonyl (C=O) groups is 1. The van der Waals surface area contributed by atoms with E-state index in [0.29, 0.717) is 21.0 Å². The quantitative estimate of drug-likeness (QED) is 0.293. The number of hydrogen-bond acceptors (Lipinski definition) is 10. The Morgan fingerprint density at radius 2 is 2.06 bits per heavy atom. The van der Waals surface area contributed by atoms with E-state index >= 15 is 0 Å². The fourth-order valence-corrected chi connectivity index (χ4v) is 5.80. The molecule has 0 bridgehead atoms. The zero-order chi connectivity index (χ0) is 26.1. The summed E-state index contributed by atoms with van der Waals surface area (Å²) in [6.07, 6.45) is 1.11. The van der Waals surface area contributed by atoms with Crippen LogP contribution in [0.5, 0.6) is 0 Å². The molecule has 10 nitrogen and oxygen atoms in total. The lowest BCUT2D eigenvalue weighted by Gasteiger charge is -2.23. The predicted molar refractivity (Wildman–Crippen MR) is 135 cm³/mol. The van der Waals surface area contributed by atoms with Gasteiger partial charge in [-0.15, -0.1) is 11.3 Å². The van der Waals surface area contributed by atoms with Crippen molar-refractivity contribution < 1.29 is 27.6 Å². The van der Waals surface area contributed by atoms with Crippen LogP contribution < -0.4 is 10.0 Å². The highest BCUT2D eigenvalue weighted by atomic mass is 35.5. The van der Waals surface area contributed by atoms with E-state index < -0.39 is 28.1 Å². The molecular weight excluding hydrogens is 528 g/mol. The van der Waals surface area contributed by atoms with Crippen LogP contribution in [0.25, 0.3) is 0 Å². The number of anilines is 1. The molecule has 0 unspecified atom stereocenters. The smallest absolute Gasteiger partial charge is 0.335 e. The van der Waals surface area contributed by atoms with E-state index in [1.807, 2.05) is 0 Å². The second-order valence-electron chi connectivity index (χ2n) is 8.57. The van der Waals surface area contributed by atoms with Crippen LogP contribution in [-0.4, -0.2) is 59.7 Å². The first-order valence-electron chi connectivity index (χ1n) is 11.0. The summed E-state index contributed by atoms with van der Waals surface area (Å²) in [5.41, 5.74) is -0.0326. The second kappa shape index (κ2) is 10.5. The van der Waals surface area contributed by atoms with Crippen molar-refractivity contribution in [3.05, 3.63) is 74.8 Å². The van der Waals surface area contributed by atoms with Gasteiger partial charge in [-0.1, -0.05) is 23.7 Å². The largest absolute Gasteiger partial charge is 0.390 e. The van der Waals surface area contributed by atoms with Gasteiger partial charge in [0.1, 0.15) is 23.9 Å². The minimum absolute atomic E-state index is 0.186. The van der Waals surface area contributed by atoms with Gasteiger partial charge in [0.2, 0.25) is 5.78 Å². The molecule has 1 saturated carbocycles. The van der Waals surface area contributed by atoms with Crippen molar-refractivity contribution in [3.8, 4) is 0 Å². The number of ketones is 1. The Morgan fingerprint density at radius 1 is 1.28 bits per heavy atom. The highest BCUT2D eigenvalue weighted by Crippen LogP contribution is 2.35. The van der Waals surface area contributed by atoms with E-state index in [4.69, 9.17) is 15.8 Å². The molecule has 0 spiro atoms. The first-order valence-corrected chi connectivity index (χ1v) is 13.6.